The van der Waals surface area contributed by atoms with Crippen LogP contribution < -0.4 is 5.32 Å². The Hall–Kier alpha value is -2.36. The average molecular weight is 357 g/mol. The third kappa shape index (κ3) is 3.84. The van der Waals surface area contributed by atoms with Gasteiger partial charge in [-0.05, 0) is 19.4 Å². The number of carbonyl (C=O) groups is 1. The van der Waals surface area contributed by atoms with Crippen molar-refractivity contribution in [1.29, 1.82) is 0 Å². The molecule has 3 heterocycles. The molecule has 2 unspecified atom stereocenters. The summed E-state index contributed by atoms with van der Waals surface area (Å²) >= 11 is 0. The summed E-state index contributed by atoms with van der Waals surface area (Å²) in [5.74, 6) is -0.747. The molecule has 1 fully saturated rings. The van der Waals surface area contributed by atoms with E-state index in [1.54, 1.807) is 11.6 Å². The number of aromatic nitrogens is 4. The molecule has 136 valence electrons. The molecular weight excluding hydrogens is 339 g/mol. The zero-order valence-electron chi connectivity index (χ0n) is 13.5. The van der Waals surface area contributed by atoms with Crippen LogP contribution in [0.1, 0.15) is 30.6 Å². The van der Waals surface area contributed by atoms with Gasteiger partial charge >= 0.3 is 6.18 Å². The van der Waals surface area contributed by atoms with Crippen molar-refractivity contribution in [3.63, 3.8) is 0 Å². The van der Waals surface area contributed by atoms with Crippen LogP contribution in [0, 0.1) is 6.92 Å². The molecule has 2 atom stereocenters. The fourth-order valence-corrected chi connectivity index (χ4v) is 2.83. The normalized spacial score (nSPS) is 19.1. The van der Waals surface area contributed by atoms with Crippen molar-refractivity contribution in [1.82, 2.24) is 19.6 Å². The Balaban J connectivity index is 1.69. The number of hydrogen-bond acceptors (Lipinski definition) is 4. The minimum absolute atomic E-state index is 0.0812. The Morgan fingerprint density at radius 1 is 1.48 bits per heavy atom. The maximum atomic E-state index is 13.2. The van der Waals surface area contributed by atoms with Crippen molar-refractivity contribution in [3.8, 4) is 0 Å². The largest absolute Gasteiger partial charge is 0.411 e. The molecule has 0 aliphatic carbocycles. The van der Waals surface area contributed by atoms with Crippen LogP contribution in [0.4, 0.5) is 18.9 Å². The van der Waals surface area contributed by atoms with E-state index in [9.17, 15) is 18.0 Å². The smallest absolute Gasteiger partial charge is 0.379 e. The van der Waals surface area contributed by atoms with Crippen LogP contribution in [0.5, 0.6) is 0 Å². The molecule has 3 rings (SSSR count). The molecule has 1 N–H and O–H groups in total. The molecule has 10 heteroatoms. The molecule has 0 aromatic carbocycles. The number of alkyl halides is 3. The Kier molecular flexibility index (Phi) is 4.80. The van der Waals surface area contributed by atoms with E-state index in [1.165, 1.54) is 24.7 Å². The van der Waals surface area contributed by atoms with E-state index in [1.807, 2.05) is 0 Å². The molecule has 7 nitrogen and oxygen atoms in total. The molecule has 2 aromatic rings. The van der Waals surface area contributed by atoms with Crippen LogP contribution in [-0.2, 0) is 9.53 Å². The predicted octanol–water partition coefficient (Wildman–Crippen LogP) is 2.48. The number of ether oxygens (including phenoxy) is 1. The number of hydrogen-bond donors (Lipinski definition) is 1. The molecular formula is C15H18F3N5O2. The lowest BCUT2D eigenvalue weighted by Crippen LogP contribution is -2.31. The SMILES string of the molecule is Cc1c(NC(=O)CC(n2cccn2)C(F)(F)F)cnn1C1CCOC1. The number of anilines is 1. The lowest BCUT2D eigenvalue weighted by Gasteiger charge is -2.20. The van der Waals surface area contributed by atoms with Gasteiger partial charge in [-0.15, -0.1) is 0 Å². The first-order valence-electron chi connectivity index (χ1n) is 7.84. The Labute approximate surface area is 141 Å². The first-order chi connectivity index (χ1) is 11.9. The van der Waals surface area contributed by atoms with Crippen LogP contribution >= 0.6 is 0 Å². The highest BCUT2D eigenvalue weighted by Gasteiger charge is 2.42. The molecule has 0 spiro atoms. The third-order valence-electron chi connectivity index (χ3n) is 4.17. The van der Waals surface area contributed by atoms with E-state index in [0.29, 0.717) is 24.6 Å². The summed E-state index contributed by atoms with van der Waals surface area (Å²) < 4.78 is 47.4. The molecule has 1 amide bonds. The molecule has 2 aromatic heterocycles. The Morgan fingerprint density at radius 2 is 2.28 bits per heavy atom. The van der Waals surface area contributed by atoms with Gasteiger partial charge in [-0.1, -0.05) is 0 Å². The first kappa shape index (κ1) is 17.5. The number of carbonyl (C=O) groups excluding carboxylic acids is 1. The lowest BCUT2D eigenvalue weighted by molar-refractivity contribution is -0.174. The van der Waals surface area contributed by atoms with Crippen LogP contribution in [0.3, 0.4) is 0 Å². The van der Waals surface area contributed by atoms with Crippen LogP contribution in [-0.4, -0.2) is 44.9 Å². The van der Waals surface area contributed by atoms with E-state index in [4.69, 9.17) is 4.74 Å². The fourth-order valence-electron chi connectivity index (χ4n) is 2.83. The number of rotatable bonds is 5. The van der Waals surface area contributed by atoms with E-state index in [-0.39, 0.29) is 6.04 Å². The first-order valence-corrected chi connectivity index (χ1v) is 7.84. The van der Waals surface area contributed by atoms with Crippen LogP contribution in [0.15, 0.2) is 24.7 Å². The summed E-state index contributed by atoms with van der Waals surface area (Å²) in [6.07, 6.45) is -0.650. The zero-order chi connectivity index (χ0) is 18.0. The second-order valence-electron chi connectivity index (χ2n) is 5.90. The lowest BCUT2D eigenvalue weighted by atomic mass is 10.2. The fraction of sp³-hybridized carbons (Fsp3) is 0.533. The van der Waals surface area contributed by atoms with Gasteiger partial charge in [0.1, 0.15) is 0 Å². The monoisotopic (exact) mass is 357 g/mol. The van der Waals surface area contributed by atoms with Crippen LogP contribution in [0.2, 0.25) is 0 Å². The van der Waals surface area contributed by atoms with Gasteiger partial charge in [0.25, 0.3) is 0 Å². The summed E-state index contributed by atoms with van der Waals surface area (Å²) in [5.41, 5.74) is 1.09. The van der Waals surface area contributed by atoms with Gasteiger partial charge in [0.15, 0.2) is 6.04 Å². The van der Waals surface area contributed by atoms with Crippen molar-refractivity contribution in [2.24, 2.45) is 0 Å². The number of nitrogens with one attached hydrogen (secondary N) is 1. The second-order valence-corrected chi connectivity index (χ2v) is 5.90. The minimum Gasteiger partial charge on any atom is -0.379 e. The van der Waals surface area contributed by atoms with Gasteiger partial charge in [0.05, 0.1) is 36.6 Å². The van der Waals surface area contributed by atoms with E-state index in [2.05, 4.69) is 15.5 Å². The standard InChI is InChI=1S/C15H18F3N5O2/c1-10-12(8-20-23(10)11-3-6-25-9-11)21-14(24)7-13(15(16,17)18)22-5-2-4-19-22/h2,4-5,8,11,13H,3,6-7,9H2,1H3,(H,21,24). The molecule has 0 saturated carbocycles. The predicted molar refractivity (Wildman–Crippen MR) is 82.0 cm³/mol. The van der Waals surface area contributed by atoms with Crippen LogP contribution in [0.25, 0.3) is 0 Å². The Morgan fingerprint density at radius 3 is 2.88 bits per heavy atom. The average Bonchev–Trinajstić information content (AvgIpc) is 3.26. The summed E-state index contributed by atoms with van der Waals surface area (Å²) in [6, 6.07) is -0.548. The highest BCUT2D eigenvalue weighted by atomic mass is 19.4. The van der Waals surface area contributed by atoms with E-state index >= 15 is 0 Å². The van der Waals surface area contributed by atoms with Gasteiger partial charge in [-0.25, -0.2) is 0 Å². The minimum atomic E-state index is -4.58. The van der Waals surface area contributed by atoms with Crippen molar-refractivity contribution in [2.75, 3.05) is 18.5 Å². The molecule has 1 aliphatic rings. The quantitative estimate of drug-likeness (QED) is 0.892. The van der Waals surface area contributed by atoms with Gasteiger partial charge in [-0.2, -0.15) is 23.4 Å². The zero-order valence-corrected chi connectivity index (χ0v) is 13.5. The molecule has 1 saturated heterocycles. The number of amides is 1. The van der Waals surface area contributed by atoms with Crippen molar-refractivity contribution >= 4 is 11.6 Å². The molecule has 1 aliphatic heterocycles. The van der Waals surface area contributed by atoms with Crippen molar-refractivity contribution < 1.29 is 22.7 Å². The number of nitrogens with zero attached hydrogens (tertiary/aromatic N) is 4. The highest BCUT2D eigenvalue weighted by molar-refractivity contribution is 5.91. The van der Waals surface area contributed by atoms with E-state index < -0.39 is 24.5 Å². The Bertz CT molecular complexity index is 720. The molecule has 0 radical (unpaired) electrons. The summed E-state index contributed by atoms with van der Waals surface area (Å²) in [6.45, 7) is 2.93. The third-order valence-corrected chi connectivity index (χ3v) is 4.17. The van der Waals surface area contributed by atoms with E-state index in [0.717, 1.165) is 11.1 Å². The van der Waals surface area contributed by atoms with Gasteiger partial charge in [-0.3, -0.25) is 14.2 Å². The summed E-state index contributed by atoms with van der Waals surface area (Å²) in [4.78, 5) is 12.1. The maximum Gasteiger partial charge on any atom is 0.411 e. The second kappa shape index (κ2) is 6.87. The summed E-state index contributed by atoms with van der Waals surface area (Å²) in [5, 5.41) is 10.3. The van der Waals surface area contributed by atoms with Crippen molar-refractivity contribution in [3.05, 3.63) is 30.4 Å². The molecule has 0 bridgehead atoms. The topological polar surface area (TPSA) is 74.0 Å². The van der Waals surface area contributed by atoms with Gasteiger partial charge < -0.3 is 10.1 Å². The summed E-state index contributed by atoms with van der Waals surface area (Å²) in [7, 11) is 0. The highest BCUT2D eigenvalue weighted by Crippen LogP contribution is 2.33. The number of halogens is 3. The maximum absolute atomic E-state index is 13.2. The van der Waals surface area contributed by atoms with Gasteiger partial charge in [0, 0.05) is 19.0 Å². The molecule has 25 heavy (non-hydrogen) atoms. The van der Waals surface area contributed by atoms with Crippen molar-refractivity contribution in [2.45, 2.75) is 38.0 Å². The van der Waals surface area contributed by atoms with Gasteiger partial charge in [0.2, 0.25) is 5.91 Å².